The summed E-state index contributed by atoms with van der Waals surface area (Å²) < 4.78 is 28.8. The van der Waals surface area contributed by atoms with Crippen molar-refractivity contribution in [1.29, 1.82) is 0 Å². The third-order valence-electron chi connectivity index (χ3n) is 4.08. The molecule has 1 aliphatic carbocycles. The minimum Gasteiger partial charge on any atom is -0.346 e. The first-order chi connectivity index (χ1) is 8.53. The molecule has 0 aliphatic heterocycles. The molecule has 96 valence electrons. The molecule has 1 saturated carbocycles. The van der Waals surface area contributed by atoms with Crippen LogP contribution in [0.15, 0.2) is 24.4 Å². The molecule has 18 heavy (non-hydrogen) atoms. The number of fused-ring (bicyclic) bond motifs is 1. The summed E-state index contributed by atoms with van der Waals surface area (Å²) in [4.78, 5) is 2.22. The van der Waals surface area contributed by atoms with Crippen LogP contribution >= 0.6 is 0 Å². The van der Waals surface area contributed by atoms with Gasteiger partial charge in [0.2, 0.25) is 0 Å². The zero-order valence-electron chi connectivity index (χ0n) is 10.6. The first kappa shape index (κ1) is 11.7. The highest BCUT2D eigenvalue weighted by Crippen LogP contribution is 2.42. The van der Waals surface area contributed by atoms with E-state index in [1.54, 1.807) is 12.1 Å². The minimum absolute atomic E-state index is 0.191. The van der Waals surface area contributed by atoms with Crippen LogP contribution in [0.2, 0.25) is 0 Å². The molecular weight excluding hydrogens is 234 g/mol. The first-order valence-corrected chi connectivity index (χ1v) is 6.14. The lowest BCUT2D eigenvalue weighted by Crippen LogP contribution is -2.34. The molecule has 1 heterocycles. The van der Waals surface area contributed by atoms with Gasteiger partial charge in [-0.25, -0.2) is 8.78 Å². The summed E-state index contributed by atoms with van der Waals surface area (Å²) in [6.45, 7) is 0.828. The van der Waals surface area contributed by atoms with Crippen LogP contribution in [-0.2, 0) is 6.54 Å². The Kier molecular flexibility index (Phi) is 2.45. The first-order valence-electron chi connectivity index (χ1n) is 6.14. The lowest BCUT2D eigenvalue weighted by molar-refractivity contribution is 0.244. The van der Waals surface area contributed by atoms with E-state index in [0.29, 0.717) is 5.39 Å². The van der Waals surface area contributed by atoms with Crippen molar-refractivity contribution in [1.82, 2.24) is 9.47 Å². The number of rotatable bonds is 3. The molecule has 0 atom stereocenters. The Morgan fingerprint density at radius 1 is 1.22 bits per heavy atom. The highest BCUT2D eigenvalue weighted by molar-refractivity contribution is 5.80. The average Bonchev–Trinajstić information content (AvgIpc) is 3.00. The molecule has 0 radical (unpaired) electrons. The van der Waals surface area contributed by atoms with E-state index in [-0.39, 0.29) is 5.54 Å². The zero-order chi connectivity index (χ0) is 12.9. The Hall–Kier alpha value is -1.42. The molecule has 0 saturated heterocycles. The standard InChI is InChI=1S/C14H16F2N2/c1-17(2)14(6-7-14)9-18-8-5-10-12(18)4-3-11(15)13(10)16/h3-5,8H,6-7,9H2,1-2H3. The molecule has 0 amide bonds. The van der Waals surface area contributed by atoms with E-state index in [2.05, 4.69) is 19.0 Å². The molecule has 0 bridgehead atoms. The van der Waals surface area contributed by atoms with Gasteiger partial charge in [0.1, 0.15) is 0 Å². The number of hydrogen-bond donors (Lipinski definition) is 0. The second kappa shape index (κ2) is 3.79. The zero-order valence-corrected chi connectivity index (χ0v) is 10.6. The maximum atomic E-state index is 13.6. The third kappa shape index (κ3) is 1.63. The van der Waals surface area contributed by atoms with Gasteiger partial charge in [-0.05, 0) is 45.1 Å². The Morgan fingerprint density at radius 2 is 1.94 bits per heavy atom. The minimum atomic E-state index is -0.783. The second-order valence-corrected chi connectivity index (χ2v) is 5.36. The SMILES string of the molecule is CN(C)C1(Cn2ccc3c(F)c(F)ccc32)CC1. The van der Waals surface area contributed by atoms with Crippen LogP contribution < -0.4 is 0 Å². The molecule has 3 rings (SSSR count). The van der Waals surface area contributed by atoms with Gasteiger partial charge in [0, 0.05) is 23.7 Å². The lowest BCUT2D eigenvalue weighted by Gasteiger charge is -2.24. The summed E-state index contributed by atoms with van der Waals surface area (Å²) >= 11 is 0. The lowest BCUT2D eigenvalue weighted by atomic mass is 10.2. The van der Waals surface area contributed by atoms with Gasteiger partial charge in [0.15, 0.2) is 11.6 Å². The summed E-state index contributed by atoms with van der Waals surface area (Å²) in [6.07, 6.45) is 4.16. The summed E-state index contributed by atoms with van der Waals surface area (Å²) in [5, 5.41) is 0.365. The highest BCUT2D eigenvalue weighted by atomic mass is 19.2. The molecule has 2 aromatic rings. The molecule has 1 aromatic heterocycles. The van der Waals surface area contributed by atoms with Crippen molar-refractivity contribution in [3.8, 4) is 0 Å². The number of hydrogen-bond acceptors (Lipinski definition) is 1. The van der Waals surface area contributed by atoms with Gasteiger partial charge >= 0.3 is 0 Å². The Labute approximate surface area is 105 Å². The predicted octanol–water partition coefficient (Wildman–Crippen LogP) is 3.01. The van der Waals surface area contributed by atoms with Crippen LogP contribution in [0.5, 0.6) is 0 Å². The van der Waals surface area contributed by atoms with Crippen LogP contribution in [0.4, 0.5) is 8.78 Å². The van der Waals surface area contributed by atoms with Crippen molar-refractivity contribution in [3.63, 3.8) is 0 Å². The van der Waals surface area contributed by atoms with Crippen molar-refractivity contribution in [2.45, 2.75) is 24.9 Å². The van der Waals surface area contributed by atoms with E-state index in [0.717, 1.165) is 24.9 Å². The van der Waals surface area contributed by atoms with Crippen LogP contribution in [0, 0.1) is 11.6 Å². The second-order valence-electron chi connectivity index (χ2n) is 5.36. The van der Waals surface area contributed by atoms with Gasteiger partial charge in [-0.3, -0.25) is 0 Å². The Bertz CT molecular complexity index is 597. The monoisotopic (exact) mass is 250 g/mol. The van der Waals surface area contributed by atoms with Crippen molar-refractivity contribution < 1.29 is 8.78 Å². The largest absolute Gasteiger partial charge is 0.346 e. The fourth-order valence-corrected chi connectivity index (χ4v) is 2.56. The maximum Gasteiger partial charge on any atom is 0.168 e. The molecule has 1 aromatic carbocycles. The van der Waals surface area contributed by atoms with Gasteiger partial charge in [0.05, 0.1) is 5.52 Å². The highest BCUT2D eigenvalue weighted by Gasteiger charge is 2.45. The molecule has 0 unspecified atom stereocenters. The molecule has 0 N–H and O–H groups in total. The number of halogens is 2. The quantitative estimate of drug-likeness (QED) is 0.813. The van der Waals surface area contributed by atoms with Crippen molar-refractivity contribution in [2.75, 3.05) is 14.1 Å². The maximum absolute atomic E-state index is 13.6. The van der Waals surface area contributed by atoms with E-state index in [4.69, 9.17) is 0 Å². The molecule has 2 nitrogen and oxygen atoms in total. The Morgan fingerprint density at radius 3 is 2.56 bits per heavy atom. The van der Waals surface area contributed by atoms with Gasteiger partial charge in [-0.2, -0.15) is 0 Å². The molecule has 0 spiro atoms. The van der Waals surface area contributed by atoms with E-state index >= 15 is 0 Å². The van der Waals surface area contributed by atoms with E-state index in [9.17, 15) is 8.78 Å². The molecular formula is C14H16F2N2. The average molecular weight is 250 g/mol. The van der Waals surface area contributed by atoms with Crippen molar-refractivity contribution >= 4 is 10.9 Å². The number of nitrogens with zero attached hydrogens (tertiary/aromatic N) is 2. The van der Waals surface area contributed by atoms with Gasteiger partial charge < -0.3 is 9.47 Å². The summed E-state index contributed by atoms with van der Waals surface area (Å²) in [5.41, 5.74) is 0.957. The van der Waals surface area contributed by atoms with Crippen LogP contribution in [0.25, 0.3) is 10.9 Å². The predicted molar refractivity (Wildman–Crippen MR) is 67.5 cm³/mol. The number of benzene rings is 1. The van der Waals surface area contributed by atoms with Crippen LogP contribution in [0.3, 0.4) is 0 Å². The van der Waals surface area contributed by atoms with Crippen molar-refractivity contribution in [3.05, 3.63) is 36.0 Å². The molecule has 4 heteroatoms. The summed E-state index contributed by atoms with van der Waals surface area (Å²) in [5.74, 6) is -1.53. The topological polar surface area (TPSA) is 8.17 Å². The van der Waals surface area contributed by atoms with E-state index in [1.807, 2.05) is 10.8 Å². The van der Waals surface area contributed by atoms with Crippen LogP contribution in [0.1, 0.15) is 12.8 Å². The van der Waals surface area contributed by atoms with Gasteiger partial charge in [-0.1, -0.05) is 0 Å². The fraction of sp³-hybridized carbons (Fsp3) is 0.429. The van der Waals surface area contributed by atoms with Crippen LogP contribution in [-0.4, -0.2) is 29.1 Å². The van der Waals surface area contributed by atoms with Gasteiger partial charge in [0.25, 0.3) is 0 Å². The van der Waals surface area contributed by atoms with E-state index in [1.165, 1.54) is 6.07 Å². The van der Waals surface area contributed by atoms with E-state index < -0.39 is 11.6 Å². The van der Waals surface area contributed by atoms with Gasteiger partial charge in [-0.15, -0.1) is 0 Å². The normalized spacial score (nSPS) is 17.6. The summed E-state index contributed by atoms with van der Waals surface area (Å²) in [6, 6.07) is 4.50. The fourth-order valence-electron chi connectivity index (χ4n) is 2.56. The van der Waals surface area contributed by atoms with Crippen molar-refractivity contribution in [2.24, 2.45) is 0 Å². The smallest absolute Gasteiger partial charge is 0.168 e. The summed E-state index contributed by atoms with van der Waals surface area (Å²) in [7, 11) is 4.14. The third-order valence-corrected chi connectivity index (χ3v) is 4.08. The number of aromatic nitrogens is 1. The Balaban J connectivity index is 2.02. The molecule has 1 fully saturated rings. The number of likely N-dealkylation sites (N-methyl/N-ethyl adjacent to an activating group) is 1. The molecule has 1 aliphatic rings.